The maximum atomic E-state index is 10.6. The van der Waals surface area contributed by atoms with Crippen LogP contribution in [0.2, 0.25) is 0 Å². The van der Waals surface area contributed by atoms with E-state index in [2.05, 4.69) is 15.5 Å². The number of nitrogens with one attached hydrogen (secondary N) is 2. The topological polar surface area (TPSA) is 92.9 Å². The van der Waals surface area contributed by atoms with Crippen LogP contribution in [0.1, 0.15) is 5.01 Å². The highest BCUT2D eigenvalue weighted by Crippen LogP contribution is 2.12. The summed E-state index contributed by atoms with van der Waals surface area (Å²) in [4.78, 5) is 10.6. The van der Waals surface area contributed by atoms with Gasteiger partial charge >= 0.3 is 6.03 Å². The number of urea groups is 1. The summed E-state index contributed by atoms with van der Waals surface area (Å²) in [7, 11) is 0. The van der Waals surface area contributed by atoms with Crippen LogP contribution in [0.3, 0.4) is 0 Å². The van der Waals surface area contributed by atoms with Gasteiger partial charge in [-0.1, -0.05) is 11.3 Å². The molecule has 0 aliphatic heterocycles. The fourth-order valence-corrected chi connectivity index (χ4v) is 1.07. The van der Waals surface area contributed by atoms with E-state index in [9.17, 15) is 4.79 Å². The Balaban J connectivity index is 2.57. The van der Waals surface area contributed by atoms with E-state index in [0.29, 0.717) is 5.13 Å². The van der Waals surface area contributed by atoms with E-state index in [1.807, 2.05) is 5.43 Å². The quantitative estimate of drug-likeness (QED) is 0.312. The highest BCUT2D eigenvalue weighted by atomic mass is 32.1. The van der Waals surface area contributed by atoms with E-state index in [1.54, 1.807) is 6.92 Å². The van der Waals surface area contributed by atoms with Crippen molar-refractivity contribution in [2.45, 2.75) is 6.92 Å². The molecular weight excluding hydrogens is 166 g/mol. The van der Waals surface area contributed by atoms with E-state index in [4.69, 9.17) is 5.84 Å². The molecule has 0 aliphatic carbocycles. The number of nitrogens with two attached hydrogens (primary N) is 1. The van der Waals surface area contributed by atoms with Gasteiger partial charge in [0.1, 0.15) is 5.01 Å². The van der Waals surface area contributed by atoms with Crippen LogP contribution in [0, 0.1) is 6.92 Å². The van der Waals surface area contributed by atoms with Crippen molar-refractivity contribution in [2.24, 2.45) is 5.84 Å². The van der Waals surface area contributed by atoms with Gasteiger partial charge in [-0.2, -0.15) is 0 Å². The number of rotatable bonds is 1. The lowest BCUT2D eigenvalue weighted by atomic mass is 10.9. The Labute approximate surface area is 66.8 Å². The number of carbonyl (C=O) groups excluding carboxylic acids is 1. The standard InChI is InChI=1S/C4H7N5OS/c1-2-8-9-4(11-2)6-3(10)7-5/h5H2,1H3,(H2,6,7,9,10). The monoisotopic (exact) mass is 173 g/mol. The summed E-state index contributed by atoms with van der Waals surface area (Å²) in [6.45, 7) is 1.79. The summed E-state index contributed by atoms with van der Waals surface area (Å²) >= 11 is 1.28. The third-order valence-electron chi connectivity index (χ3n) is 0.878. The minimum Gasteiger partial charge on any atom is -0.281 e. The number of hydrazine groups is 1. The molecule has 60 valence electrons. The smallest absolute Gasteiger partial charge is 0.281 e. The van der Waals surface area contributed by atoms with Crippen LogP contribution in [0.4, 0.5) is 9.93 Å². The van der Waals surface area contributed by atoms with Gasteiger partial charge in [0.05, 0.1) is 0 Å². The molecule has 1 aromatic rings. The Morgan fingerprint density at radius 1 is 1.64 bits per heavy atom. The lowest BCUT2D eigenvalue weighted by Gasteiger charge is -1.95. The first kappa shape index (κ1) is 7.89. The minimum absolute atomic E-state index is 0.436. The first-order chi connectivity index (χ1) is 5.22. The molecule has 0 unspecified atom stereocenters. The zero-order chi connectivity index (χ0) is 8.27. The van der Waals surface area contributed by atoms with E-state index in [1.165, 1.54) is 11.3 Å². The SMILES string of the molecule is Cc1nnc(NC(=O)NN)s1. The summed E-state index contributed by atoms with van der Waals surface area (Å²) in [5, 5.41) is 10.9. The van der Waals surface area contributed by atoms with Gasteiger partial charge in [-0.3, -0.25) is 10.7 Å². The molecule has 0 radical (unpaired) electrons. The molecule has 4 N–H and O–H groups in total. The van der Waals surface area contributed by atoms with Crippen molar-refractivity contribution in [3.63, 3.8) is 0 Å². The fourth-order valence-electron chi connectivity index (χ4n) is 0.480. The molecule has 0 aliphatic rings. The van der Waals surface area contributed by atoms with Crippen LogP contribution in [-0.4, -0.2) is 16.2 Å². The minimum atomic E-state index is -0.499. The van der Waals surface area contributed by atoms with E-state index < -0.39 is 6.03 Å². The van der Waals surface area contributed by atoms with E-state index >= 15 is 0 Å². The van der Waals surface area contributed by atoms with Gasteiger partial charge in [0.15, 0.2) is 0 Å². The van der Waals surface area contributed by atoms with Crippen LogP contribution in [0.25, 0.3) is 0 Å². The second-order valence-electron chi connectivity index (χ2n) is 1.72. The predicted molar refractivity (Wildman–Crippen MR) is 41.0 cm³/mol. The highest BCUT2D eigenvalue weighted by molar-refractivity contribution is 7.15. The third kappa shape index (κ3) is 2.13. The van der Waals surface area contributed by atoms with Crippen LogP contribution < -0.4 is 16.6 Å². The maximum Gasteiger partial charge on any atom is 0.335 e. The molecule has 2 amide bonds. The Morgan fingerprint density at radius 2 is 2.36 bits per heavy atom. The zero-order valence-corrected chi connectivity index (χ0v) is 6.60. The molecule has 0 saturated carbocycles. The number of aromatic nitrogens is 2. The molecule has 7 heteroatoms. The molecular formula is C4H7N5OS. The summed E-state index contributed by atoms with van der Waals surface area (Å²) in [6, 6.07) is -0.499. The Morgan fingerprint density at radius 3 is 2.82 bits per heavy atom. The number of anilines is 1. The second-order valence-corrected chi connectivity index (χ2v) is 2.91. The summed E-state index contributed by atoms with van der Waals surface area (Å²) in [5.41, 5.74) is 1.91. The largest absolute Gasteiger partial charge is 0.335 e. The van der Waals surface area contributed by atoms with Gasteiger partial charge in [0.2, 0.25) is 5.13 Å². The fraction of sp³-hybridized carbons (Fsp3) is 0.250. The molecule has 0 fully saturated rings. The summed E-state index contributed by atoms with van der Waals surface area (Å²) in [5.74, 6) is 4.82. The molecule has 0 atom stereocenters. The van der Waals surface area contributed by atoms with Gasteiger partial charge in [-0.05, 0) is 6.92 Å². The molecule has 11 heavy (non-hydrogen) atoms. The first-order valence-electron chi connectivity index (χ1n) is 2.80. The number of hydrogen-bond donors (Lipinski definition) is 3. The number of nitrogens with zero attached hydrogens (tertiary/aromatic N) is 2. The number of aryl methyl sites for hydroxylation is 1. The number of hydrogen-bond acceptors (Lipinski definition) is 5. The van der Waals surface area contributed by atoms with Gasteiger partial charge in [-0.25, -0.2) is 10.6 Å². The predicted octanol–water partition coefficient (Wildman–Crippen LogP) is -0.158. The van der Waals surface area contributed by atoms with Gasteiger partial charge in [0.25, 0.3) is 0 Å². The van der Waals surface area contributed by atoms with Crippen molar-refractivity contribution in [3.8, 4) is 0 Å². The number of carbonyl (C=O) groups is 1. The highest BCUT2D eigenvalue weighted by Gasteiger charge is 2.02. The first-order valence-corrected chi connectivity index (χ1v) is 3.61. The zero-order valence-electron chi connectivity index (χ0n) is 5.79. The lowest BCUT2D eigenvalue weighted by molar-refractivity contribution is 0.252. The van der Waals surface area contributed by atoms with Crippen molar-refractivity contribution >= 4 is 22.5 Å². The summed E-state index contributed by atoms with van der Waals surface area (Å²) in [6.07, 6.45) is 0. The normalized spacial score (nSPS) is 9.27. The van der Waals surface area contributed by atoms with Crippen molar-refractivity contribution < 1.29 is 4.79 Å². The Bertz CT molecular complexity index is 259. The van der Waals surface area contributed by atoms with Crippen molar-refractivity contribution in [2.75, 3.05) is 5.32 Å². The van der Waals surface area contributed by atoms with Gasteiger partial charge < -0.3 is 0 Å². The summed E-state index contributed by atoms with van der Waals surface area (Å²) < 4.78 is 0. The molecule has 1 rings (SSSR count). The average Bonchev–Trinajstić information content (AvgIpc) is 2.35. The van der Waals surface area contributed by atoms with Crippen LogP contribution in [-0.2, 0) is 0 Å². The van der Waals surface area contributed by atoms with Crippen LogP contribution in [0.5, 0.6) is 0 Å². The third-order valence-corrected chi connectivity index (χ3v) is 1.63. The Hall–Kier alpha value is -1.21. The molecule has 1 aromatic heterocycles. The molecule has 6 nitrogen and oxygen atoms in total. The number of amides is 2. The van der Waals surface area contributed by atoms with Crippen molar-refractivity contribution in [1.29, 1.82) is 0 Å². The van der Waals surface area contributed by atoms with Crippen LogP contribution in [0.15, 0.2) is 0 Å². The van der Waals surface area contributed by atoms with E-state index in [-0.39, 0.29) is 0 Å². The molecule has 1 heterocycles. The Kier molecular flexibility index (Phi) is 2.34. The van der Waals surface area contributed by atoms with Crippen molar-refractivity contribution in [1.82, 2.24) is 15.6 Å². The second kappa shape index (κ2) is 3.26. The van der Waals surface area contributed by atoms with Crippen LogP contribution >= 0.6 is 11.3 Å². The molecule has 0 bridgehead atoms. The lowest BCUT2D eigenvalue weighted by Crippen LogP contribution is -2.34. The van der Waals surface area contributed by atoms with Gasteiger partial charge in [0, 0.05) is 0 Å². The molecule has 0 aromatic carbocycles. The molecule has 0 spiro atoms. The van der Waals surface area contributed by atoms with E-state index in [0.717, 1.165) is 5.01 Å². The maximum absolute atomic E-state index is 10.6. The molecule has 0 saturated heterocycles. The van der Waals surface area contributed by atoms with Gasteiger partial charge in [-0.15, -0.1) is 10.2 Å². The average molecular weight is 173 g/mol. The van der Waals surface area contributed by atoms with Crippen molar-refractivity contribution in [3.05, 3.63) is 5.01 Å².